The molecule has 1 heterocycles. The minimum Gasteiger partial charge on any atom is -0.294 e. The highest BCUT2D eigenvalue weighted by Gasteiger charge is 2.29. The number of nitrogens with zero attached hydrogens (tertiary/aromatic N) is 2. The van der Waals surface area contributed by atoms with Gasteiger partial charge in [-0.05, 0) is 94.1 Å². The monoisotopic (exact) mass is 536 g/mol. The molecule has 1 aliphatic rings. The molecule has 0 N–H and O–H groups in total. The minimum atomic E-state index is -3.56. The largest absolute Gasteiger partial charge is 0.294 e. The van der Waals surface area contributed by atoms with E-state index >= 15 is 0 Å². The molecule has 0 atom stereocenters. The lowest BCUT2D eigenvalue weighted by Crippen LogP contribution is -2.41. The van der Waals surface area contributed by atoms with Crippen LogP contribution < -0.4 is 0 Å². The number of sulfonamides is 1. The van der Waals surface area contributed by atoms with Crippen molar-refractivity contribution in [1.82, 2.24) is 9.21 Å². The Morgan fingerprint density at radius 2 is 1.66 bits per heavy atom. The Morgan fingerprint density at radius 3 is 2.32 bits per heavy atom. The molecule has 1 aliphatic heterocycles. The van der Waals surface area contributed by atoms with E-state index in [0.717, 1.165) is 35.2 Å². The van der Waals surface area contributed by atoms with Gasteiger partial charge in [-0.2, -0.15) is 4.31 Å². The maximum absolute atomic E-state index is 13.3. The summed E-state index contributed by atoms with van der Waals surface area (Å²) in [6.07, 6.45) is 1.73. The van der Waals surface area contributed by atoms with Crippen molar-refractivity contribution in [2.24, 2.45) is 0 Å². The van der Waals surface area contributed by atoms with Crippen LogP contribution >= 0.6 is 0 Å². The lowest BCUT2D eigenvalue weighted by atomic mass is 9.95. The summed E-state index contributed by atoms with van der Waals surface area (Å²) in [6.45, 7) is 10.5. The summed E-state index contributed by atoms with van der Waals surface area (Å²) in [5.74, 6) is -0.148. The molecular formula is C31H37FN2O3S. The second kappa shape index (κ2) is 11.5. The molecule has 0 saturated carbocycles. The van der Waals surface area contributed by atoms with Crippen LogP contribution in [0.25, 0.3) is 0 Å². The van der Waals surface area contributed by atoms with Crippen LogP contribution in [0, 0.1) is 12.7 Å². The first-order chi connectivity index (χ1) is 17.9. The fraction of sp³-hybridized carbons (Fsp3) is 0.387. The molecule has 38 heavy (non-hydrogen) atoms. The molecule has 202 valence electrons. The van der Waals surface area contributed by atoms with Gasteiger partial charge in [-0.15, -0.1) is 0 Å². The van der Waals surface area contributed by atoms with E-state index in [2.05, 4.69) is 25.7 Å². The highest BCUT2D eigenvalue weighted by atomic mass is 32.2. The average Bonchev–Trinajstić information content (AvgIpc) is 2.88. The van der Waals surface area contributed by atoms with Gasteiger partial charge >= 0.3 is 0 Å². The quantitative estimate of drug-likeness (QED) is 0.308. The van der Waals surface area contributed by atoms with E-state index in [4.69, 9.17) is 0 Å². The molecule has 5 nitrogen and oxygen atoms in total. The highest BCUT2D eigenvalue weighted by molar-refractivity contribution is 7.89. The van der Waals surface area contributed by atoms with Crippen molar-refractivity contribution in [3.8, 4) is 0 Å². The highest BCUT2D eigenvalue weighted by Crippen LogP contribution is 2.27. The molecule has 0 amide bonds. The smallest absolute Gasteiger partial charge is 0.243 e. The number of ketones is 1. The van der Waals surface area contributed by atoms with Crippen molar-refractivity contribution in [1.29, 1.82) is 0 Å². The minimum absolute atomic E-state index is 0.0892. The second-order valence-corrected chi connectivity index (χ2v) is 13.1. The first-order valence-electron chi connectivity index (χ1n) is 13.1. The second-order valence-electron chi connectivity index (χ2n) is 11.1. The van der Waals surface area contributed by atoms with Crippen LogP contribution in [0.15, 0.2) is 71.6 Å². The van der Waals surface area contributed by atoms with E-state index in [1.807, 2.05) is 37.3 Å². The zero-order valence-electron chi connectivity index (χ0n) is 22.7. The summed E-state index contributed by atoms with van der Waals surface area (Å²) in [5, 5.41) is 0. The van der Waals surface area contributed by atoms with Gasteiger partial charge in [0.05, 0.1) is 4.90 Å². The molecule has 0 bridgehead atoms. The van der Waals surface area contributed by atoms with Gasteiger partial charge in [0, 0.05) is 37.2 Å². The number of carbonyl (C=O) groups excluding carboxylic acids is 1. The number of fused-ring (bicyclic) bond motifs is 1. The molecule has 0 spiro atoms. The van der Waals surface area contributed by atoms with Crippen molar-refractivity contribution in [2.45, 2.75) is 70.5 Å². The van der Waals surface area contributed by atoms with E-state index in [0.29, 0.717) is 42.9 Å². The fourth-order valence-corrected chi connectivity index (χ4v) is 6.22. The molecule has 3 aromatic rings. The van der Waals surface area contributed by atoms with E-state index in [1.54, 1.807) is 24.3 Å². The van der Waals surface area contributed by atoms with Crippen molar-refractivity contribution >= 4 is 15.8 Å². The molecule has 0 saturated heterocycles. The van der Waals surface area contributed by atoms with E-state index in [-0.39, 0.29) is 17.1 Å². The Labute approximate surface area is 226 Å². The first-order valence-corrected chi connectivity index (χ1v) is 14.6. The Kier molecular flexibility index (Phi) is 8.50. The Bertz CT molecular complexity index is 1380. The maximum atomic E-state index is 13.3. The van der Waals surface area contributed by atoms with Crippen molar-refractivity contribution in [3.05, 3.63) is 100 Å². The number of rotatable bonds is 9. The Balaban J connectivity index is 1.36. The average molecular weight is 537 g/mol. The topological polar surface area (TPSA) is 57.7 Å². The zero-order chi connectivity index (χ0) is 27.5. The summed E-state index contributed by atoms with van der Waals surface area (Å²) in [6, 6.07) is 19.2. The zero-order valence-corrected chi connectivity index (χ0v) is 23.5. The summed E-state index contributed by atoms with van der Waals surface area (Å²) in [4.78, 5) is 15.6. The van der Waals surface area contributed by atoms with E-state index < -0.39 is 10.0 Å². The molecule has 0 radical (unpaired) electrons. The maximum Gasteiger partial charge on any atom is 0.243 e. The van der Waals surface area contributed by atoms with Crippen LogP contribution in [0.1, 0.15) is 66.2 Å². The van der Waals surface area contributed by atoms with Crippen LogP contribution in [0.5, 0.6) is 0 Å². The van der Waals surface area contributed by atoms with Gasteiger partial charge < -0.3 is 0 Å². The third-order valence-electron chi connectivity index (χ3n) is 7.23. The van der Waals surface area contributed by atoms with E-state index in [1.165, 1.54) is 16.4 Å². The number of aryl methyl sites for hydroxylation is 1. The predicted molar refractivity (Wildman–Crippen MR) is 149 cm³/mol. The van der Waals surface area contributed by atoms with Gasteiger partial charge in [-0.1, -0.05) is 42.0 Å². The number of benzene rings is 3. The molecule has 0 fully saturated rings. The summed E-state index contributed by atoms with van der Waals surface area (Å²) < 4.78 is 41.0. The third-order valence-corrected chi connectivity index (χ3v) is 9.09. The van der Waals surface area contributed by atoms with Crippen molar-refractivity contribution in [3.63, 3.8) is 0 Å². The SMILES string of the molecule is Cc1ccc(S(=O)(=O)N2CCc3cc(C(=O)CCCN(Cc4ccc(F)cc4)C(C)(C)C)ccc3C2)cc1. The fourth-order valence-electron chi connectivity index (χ4n) is 4.80. The number of carbonyl (C=O) groups is 1. The van der Waals surface area contributed by atoms with Crippen LogP contribution in [0.4, 0.5) is 4.39 Å². The third kappa shape index (κ3) is 6.76. The van der Waals surface area contributed by atoms with E-state index in [9.17, 15) is 17.6 Å². The lowest BCUT2D eigenvalue weighted by Gasteiger charge is -2.35. The molecule has 0 aliphatic carbocycles. The number of hydrogen-bond acceptors (Lipinski definition) is 4. The van der Waals surface area contributed by atoms with Crippen LogP contribution in [0.2, 0.25) is 0 Å². The normalized spacial score (nSPS) is 14.5. The summed E-state index contributed by atoms with van der Waals surface area (Å²) in [7, 11) is -3.56. The number of Topliss-reactive ketones (excluding diaryl/α,β-unsaturated/α-hetero) is 1. The van der Waals surface area contributed by atoms with Crippen LogP contribution in [0.3, 0.4) is 0 Å². The number of halogens is 1. The summed E-state index contributed by atoms with van der Waals surface area (Å²) >= 11 is 0. The standard InChI is InChI=1S/C31H37FN2O3S/c1-23-7-15-29(16-8-23)38(36,37)34-19-17-25-20-26(11-12-27(25)22-34)30(35)6-5-18-33(31(2,3)4)21-24-9-13-28(32)14-10-24/h7-16,20H,5-6,17-19,21-22H2,1-4H3. The lowest BCUT2D eigenvalue weighted by molar-refractivity contribution is 0.0945. The molecule has 3 aromatic carbocycles. The molecule has 0 aromatic heterocycles. The molecule has 4 rings (SSSR count). The summed E-state index contributed by atoms with van der Waals surface area (Å²) in [5.41, 5.74) is 4.64. The number of hydrogen-bond donors (Lipinski definition) is 0. The van der Waals surface area contributed by atoms with Crippen molar-refractivity contribution < 1.29 is 17.6 Å². The van der Waals surface area contributed by atoms with Gasteiger partial charge in [0.15, 0.2) is 5.78 Å². The van der Waals surface area contributed by atoms with Crippen LogP contribution in [-0.2, 0) is 29.5 Å². The van der Waals surface area contributed by atoms with Gasteiger partial charge in [0.1, 0.15) is 5.82 Å². The molecule has 0 unspecified atom stereocenters. The predicted octanol–water partition coefficient (Wildman–Crippen LogP) is 6.14. The van der Waals surface area contributed by atoms with Gasteiger partial charge in [-0.3, -0.25) is 9.69 Å². The van der Waals surface area contributed by atoms with Crippen LogP contribution in [-0.4, -0.2) is 42.0 Å². The van der Waals surface area contributed by atoms with Gasteiger partial charge in [0.2, 0.25) is 10.0 Å². The van der Waals surface area contributed by atoms with Gasteiger partial charge in [0.25, 0.3) is 0 Å². The molecule has 7 heteroatoms. The molecular weight excluding hydrogens is 499 g/mol. The van der Waals surface area contributed by atoms with Gasteiger partial charge in [-0.25, -0.2) is 12.8 Å². The first kappa shape index (κ1) is 28.1. The van der Waals surface area contributed by atoms with Crippen molar-refractivity contribution in [2.75, 3.05) is 13.1 Å². The Hall–Kier alpha value is -2.87. The Morgan fingerprint density at radius 1 is 0.974 bits per heavy atom.